The number of amides is 2. The zero-order chi connectivity index (χ0) is 17.3. The lowest BCUT2D eigenvalue weighted by Gasteiger charge is -2.29. The van der Waals surface area contributed by atoms with Gasteiger partial charge in [-0.05, 0) is 29.3 Å². The highest BCUT2D eigenvalue weighted by molar-refractivity contribution is 6.35. The summed E-state index contributed by atoms with van der Waals surface area (Å²) in [5.41, 5.74) is 1.53. The number of carbonyl (C=O) groups excluding carboxylic acids is 2. The number of halogens is 2. The SMILES string of the molecule is C=CC(=O)N(C)CC(=O)N(C)C1c2cc(Cl)cc(Cl)c2CC1O. The maximum Gasteiger partial charge on any atom is 0.246 e. The van der Waals surface area contributed by atoms with E-state index >= 15 is 0 Å². The summed E-state index contributed by atoms with van der Waals surface area (Å²) < 4.78 is 0. The van der Waals surface area contributed by atoms with Crippen molar-refractivity contribution in [3.8, 4) is 0 Å². The van der Waals surface area contributed by atoms with Crippen molar-refractivity contribution in [2.24, 2.45) is 0 Å². The fourth-order valence-electron chi connectivity index (χ4n) is 2.80. The second kappa shape index (κ2) is 6.91. The third-order valence-electron chi connectivity index (χ3n) is 4.03. The van der Waals surface area contributed by atoms with E-state index in [4.69, 9.17) is 23.2 Å². The Labute approximate surface area is 145 Å². The van der Waals surface area contributed by atoms with Crippen LogP contribution in [0.25, 0.3) is 0 Å². The molecule has 0 saturated carbocycles. The molecule has 0 bridgehead atoms. The molecule has 0 saturated heterocycles. The Morgan fingerprint density at radius 2 is 2.04 bits per heavy atom. The average molecular weight is 357 g/mol. The molecule has 23 heavy (non-hydrogen) atoms. The summed E-state index contributed by atoms with van der Waals surface area (Å²) in [6.07, 6.45) is 0.733. The van der Waals surface area contributed by atoms with Gasteiger partial charge in [-0.15, -0.1) is 0 Å². The van der Waals surface area contributed by atoms with Gasteiger partial charge in [0.1, 0.15) is 0 Å². The molecule has 0 aliphatic heterocycles. The van der Waals surface area contributed by atoms with Crippen molar-refractivity contribution < 1.29 is 14.7 Å². The maximum atomic E-state index is 12.4. The third kappa shape index (κ3) is 3.52. The van der Waals surface area contributed by atoms with Crippen molar-refractivity contribution in [1.82, 2.24) is 9.80 Å². The molecular weight excluding hydrogens is 339 g/mol. The van der Waals surface area contributed by atoms with Crippen LogP contribution in [0.1, 0.15) is 17.2 Å². The molecule has 1 aromatic rings. The van der Waals surface area contributed by atoms with E-state index in [0.717, 1.165) is 17.2 Å². The lowest BCUT2D eigenvalue weighted by molar-refractivity contribution is -0.139. The standard InChI is InChI=1S/C16H18Cl2N2O3/c1-4-14(22)19(2)8-15(23)20(3)16-11-5-9(17)6-12(18)10(11)7-13(16)21/h4-6,13,16,21H,1,7-8H2,2-3H3. The van der Waals surface area contributed by atoms with Crippen molar-refractivity contribution >= 4 is 35.0 Å². The van der Waals surface area contributed by atoms with E-state index in [2.05, 4.69) is 6.58 Å². The lowest BCUT2D eigenvalue weighted by Crippen LogP contribution is -2.42. The van der Waals surface area contributed by atoms with Crippen LogP contribution in [0.15, 0.2) is 24.8 Å². The smallest absolute Gasteiger partial charge is 0.246 e. The maximum absolute atomic E-state index is 12.4. The number of rotatable bonds is 4. The summed E-state index contributed by atoms with van der Waals surface area (Å²) in [4.78, 5) is 26.6. The number of nitrogens with zero attached hydrogens (tertiary/aromatic N) is 2. The van der Waals surface area contributed by atoms with Gasteiger partial charge >= 0.3 is 0 Å². The van der Waals surface area contributed by atoms with Gasteiger partial charge in [0.2, 0.25) is 11.8 Å². The summed E-state index contributed by atoms with van der Waals surface area (Å²) >= 11 is 12.2. The Kier molecular flexibility index (Phi) is 5.34. The van der Waals surface area contributed by atoms with Gasteiger partial charge < -0.3 is 14.9 Å². The molecule has 2 rings (SSSR count). The number of benzene rings is 1. The Morgan fingerprint density at radius 3 is 2.65 bits per heavy atom. The monoisotopic (exact) mass is 356 g/mol. The van der Waals surface area contributed by atoms with Crippen LogP contribution >= 0.6 is 23.2 Å². The molecule has 1 aromatic carbocycles. The zero-order valence-corrected chi connectivity index (χ0v) is 14.4. The van der Waals surface area contributed by atoms with Crippen LogP contribution in [0.3, 0.4) is 0 Å². The summed E-state index contributed by atoms with van der Waals surface area (Å²) in [5.74, 6) is -0.638. The number of fused-ring (bicyclic) bond motifs is 1. The molecule has 2 amide bonds. The molecular formula is C16H18Cl2N2O3. The Morgan fingerprint density at radius 1 is 1.39 bits per heavy atom. The summed E-state index contributed by atoms with van der Waals surface area (Å²) in [6, 6.07) is 2.79. The van der Waals surface area contributed by atoms with E-state index in [-0.39, 0.29) is 18.4 Å². The van der Waals surface area contributed by atoms with E-state index in [1.807, 2.05) is 0 Å². The number of aliphatic hydroxyl groups excluding tert-OH is 1. The second-order valence-corrected chi connectivity index (χ2v) is 6.42. The number of likely N-dealkylation sites (N-methyl/N-ethyl adjacent to an activating group) is 2. The number of aliphatic hydroxyl groups is 1. The minimum absolute atomic E-state index is 0.103. The van der Waals surface area contributed by atoms with Gasteiger partial charge in [-0.3, -0.25) is 9.59 Å². The van der Waals surface area contributed by atoms with Gasteiger partial charge in [-0.1, -0.05) is 29.8 Å². The van der Waals surface area contributed by atoms with Crippen LogP contribution in [-0.4, -0.2) is 53.5 Å². The van der Waals surface area contributed by atoms with Crippen LogP contribution in [0, 0.1) is 0 Å². The largest absolute Gasteiger partial charge is 0.390 e. The molecule has 1 aliphatic rings. The molecule has 1 aliphatic carbocycles. The van der Waals surface area contributed by atoms with Crippen LogP contribution in [-0.2, 0) is 16.0 Å². The topological polar surface area (TPSA) is 60.9 Å². The van der Waals surface area contributed by atoms with Gasteiger partial charge in [0.15, 0.2) is 0 Å². The van der Waals surface area contributed by atoms with Crippen LogP contribution < -0.4 is 0 Å². The highest BCUT2D eigenvalue weighted by Crippen LogP contribution is 2.40. The first-order valence-corrected chi connectivity index (χ1v) is 7.81. The molecule has 0 radical (unpaired) electrons. The number of hydrogen-bond donors (Lipinski definition) is 1. The zero-order valence-electron chi connectivity index (χ0n) is 12.9. The third-order valence-corrected chi connectivity index (χ3v) is 4.58. The van der Waals surface area contributed by atoms with Gasteiger partial charge in [0.25, 0.3) is 0 Å². The molecule has 7 heteroatoms. The normalized spacial score (nSPS) is 19.2. The molecule has 0 heterocycles. The molecule has 5 nitrogen and oxygen atoms in total. The Hall–Kier alpha value is -1.56. The lowest BCUT2D eigenvalue weighted by atomic mass is 10.1. The van der Waals surface area contributed by atoms with E-state index < -0.39 is 12.1 Å². The van der Waals surface area contributed by atoms with Gasteiger partial charge in [0.05, 0.1) is 18.7 Å². The first kappa shape index (κ1) is 17.8. The van der Waals surface area contributed by atoms with Crippen molar-refractivity contribution in [3.05, 3.63) is 46.0 Å². The molecule has 0 aromatic heterocycles. The first-order valence-electron chi connectivity index (χ1n) is 7.05. The van der Waals surface area contributed by atoms with Gasteiger partial charge in [-0.2, -0.15) is 0 Å². The summed E-state index contributed by atoms with van der Waals surface area (Å²) in [7, 11) is 3.11. The highest BCUT2D eigenvalue weighted by Gasteiger charge is 2.37. The van der Waals surface area contributed by atoms with E-state index in [1.165, 1.54) is 16.8 Å². The fraction of sp³-hybridized carbons (Fsp3) is 0.375. The average Bonchev–Trinajstić information content (AvgIpc) is 2.81. The number of carbonyl (C=O) groups is 2. The molecule has 1 N–H and O–H groups in total. The predicted molar refractivity (Wildman–Crippen MR) is 89.5 cm³/mol. The number of hydrogen-bond acceptors (Lipinski definition) is 3. The van der Waals surface area contributed by atoms with Gasteiger partial charge in [-0.25, -0.2) is 0 Å². The second-order valence-electron chi connectivity index (χ2n) is 5.57. The highest BCUT2D eigenvalue weighted by atomic mass is 35.5. The summed E-state index contributed by atoms with van der Waals surface area (Å²) in [5, 5.41) is 11.3. The van der Waals surface area contributed by atoms with E-state index in [0.29, 0.717) is 16.5 Å². The van der Waals surface area contributed by atoms with E-state index in [9.17, 15) is 14.7 Å². The molecule has 124 valence electrons. The Bertz CT molecular complexity index is 663. The molecule has 2 unspecified atom stereocenters. The molecule has 2 atom stereocenters. The quantitative estimate of drug-likeness (QED) is 0.840. The van der Waals surface area contributed by atoms with Crippen molar-refractivity contribution in [1.29, 1.82) is 0 Å². The van der Waals surface area contributed by atoms with E-state index in [1.54, 1.807) is 19.2 Å². The van der Waals surface area contributed by atoms with Gasteiger partial charge in [0, 0.05) is 30.6 Å². The van der Waals surface area contributed by atoms with Crippen LogP contribution in [0.4, 0.5) is 0 Å². The first-order chi connectivity index (χ1) is 10.8. The minimum Gasteiger partial charge on any atom is -0.390 e. The molecule has 0 fully saturated rings. The fourth-order valence-corrected chi connectivity index (χ4v) is 3.39. The molecule has 0 spiro atoms. The Balaban J connectivity index is 2.24. The van der Waals surface area contributed by atoms with Crippen molar-refractivity contribution in [2.45, 2.75) is 18.6 Å². The minimum atomic E-state index is -0.768. The van der Waals surface area contributed by atoms with Crippen molar-refractivity contribution in [2.75, 3.05) is 20.6 Å². The predicted octanol–water partition coefficient (Wildman–Crippen LogP) is 2.05. The van der Waals surface area contributed by atoms with Crippen molar-refractivity contribution in [3.63, 3.8) is 0 Å². The van der Waals surface area contributed by atoms with Crippen LogP contribution in [0.2, 0.25) is 10.0 Å². The summed E-state index contributed by atoms with van der Waals surface area (Å²) in [6.45, 7) is 3.28. The van der Waals surface area contributed by atoms with Crippen LogP contribution in [0.5, 0.6) is 0 Å².